The topological polar surface area (TPSA) is 78.9 Å². The van der Waals surface area contributed by atoms with E-state index < -0.39 is 23.7 Å². The van der Waals surface area contributed by atoms with E-state index >= 15 is 0 Å². The lowest BCUT2D eigenvalue weighted by molar-refractivity contribution is -0.144. The average Bonchev–Trinajstić information content (AvgIpc) is 2.49. The highest BCUT2D eigenvalue weighted by Gasteiger charge is 2.31. The first-order valence-electron chi connectivity index (χ1n) is 8.68. The first-order chi connectivity index (χ1) is 11.7. The Kier molecular flexibility index (Phi) is 6.06. The smallest absolute Gasteiger partial charge is 0.407 e. The fourth-order valence-electron chi connectivity index (χ4n) is 3.03. The summed E-state index contributed by atoms with van der Waals surface area (Å²) in [7, 11) is 0. The number of nitrogens with one attached hydrogen (secondary N) is 1. The van der Waals surface area contributed by atoms with E-state index in [1.54, 1.807) is 0 Å². The van der Waals surface area contributed by atoms with Gasteiger partial charge in [0, 0.05) is 19.1 Å². The molecule has 6 heteroatoms. The Morgan fingerprint density at radius 3 is 2.24 bits per heavy atom. The molecule has 2 N–H and O–H groups in total. The number of amides is 1. The summed E-state index contributed by atoms with van der Waals surface area (Å²) in [6, 6.07) is 6.98. The van der Waals surface area contributed by atoms with Crippen molar-refractivity contribution >= 4 is 12.1 Å². The molecule has 138 valence electrons. The van der Waals surface area contributed by atoms with Crippen LogP contribution in [0.4, 0.5) is 4.79 Å². The number of carboxylic acid groups (broad SMARTS) is 1. The van der Waals surface area contributed by atoms with Gasteiger partial charge in [0.1, 0.15) is 11.6 Å². The van der Waals surface area contributed by atoms with E-state index in [9.17, 15) is 14.7 Å². The summed E-state index contributed by atoms with van der Waals surface area (Å²) in [5.74, 6) is -0.845. The quantitative estimate of drug-likeness (QED) is 0.874. The van der Waals surface area contributed by atoms with E-state index in [2.05, 4.69) is 5.32 Å². The zero-order valence-corrected chi connectivity index (χ0v) is 15.4. The number of carbonyl (C=O) groups is 2. The summed E-state index contributed by atoms with van der Waals surface area (Å²) >= 11 is 0. The molecule has 1 aromatic rings. The highest BCUT2D eigenvalue weighted by atomic mass is 16.6. The standard InChI is InChI=1S/C19H28N2O4/c1-13-5-7-14(8-6-13)16(17(22)23)21-11-9-15(10-12-21)20-18(24)25-19(2,3)4/h5-8,15-16H,9-12H2,1-4H3,(H,20,24)(H,22,23). The third-order valence-corrected chi connectivity index (χ3v) is 4.24. The molecule has 1 amide bonds. The molecule has 0 spiro atoms. The highest BCUT2D eigenvalue weighted by molar-refractivity contribution is 5.75. The van der Waals surface area contributed by atoms with Gasteiger partial charge in [0.15, 0.2) is 0 Å². The van der Waals surface area contributed by atoms with Crippen LogP contribution in [0.3, 0.4) is 0 Å². The van der Waals surface area contributed by atoms with Crippen molar-refractivity contribution in [3.63, 3.8) is 0 Å². The largest absolute Gasteiger partial charge is 0.480 e. The number of ether oxygens (including phenoxy) is 1. The molecule has 25 heavy (non-hydrogen) atoms. The van der Waals surface area contributed by atoms with Crippen LogP contribution in [-0.4, -0.2) is 46.8 Å². The van der Waals surface area contributed by atoms with Crippen molar-refractivity contribution in [1.29, 1.82) is 0 Å². The molecular weight excluding hydrogens is 320 g/mol. The van der Waals surface area contributed by atoms with Crippen molar-refractivity contribution in [2.24, 2.45) is 0 Å². The van der Waals surface area contributed by atoms with Crippen LogP contribution in [0.15, 0.2) is 24.3 Å². The lowest BCUT2D eigenvalue weighted by atomic mass is 9.98. The van der Waals surface area contributed by atoms with E-state index in [0.29, 0.717) is 25.9 Å². The number of carbonyl (C=O) groups excluding carboxylic acids is 1. The molecule has 0 saturated carbocycles. The molecule has 2 rings (SSSR count). The number of rotatable bonds is 4. The number of alkyl carbamates (subject to hydrolysis) is 1. The molecular formula is C19H28N2O4. The van der Waals surface area contributed by atoms with Crippen LogP contribution in [0.5, 0.6) is 0 Å². The number of likely N-dealkylation sites (tertiary alicyclic amines) is 1. The van der Waals surface area contributed by atoms with Crippen LogP contribution < -0.4 is 5.32 Å². The predicted octanol–water partition coefficient (Wildman–Crippen LogP) is 3.11. The second-order valence-electron chi connectivity index (χ2n) is 7.61. The average molecular weight is 348 g/mol. The van der Waals surface area contributed by atoms with Crippen molar-refractivity contribution in [3.05, 3.63) is 35.4 Å². The number of aliphatic carboxylic acids is 1. The van der Waals surface area contributed by atoms with E-state index in [1.165, 1.54) is 0 Å². The Hall–Kier alpha value is -2.08. The number of nitrogens with zero attached hydrogens (tertiary/aromatic N) is 1. The Balaban J connectivity index is 1.94. The zero-order chi connectivity index (χ0) is 18.6. The van der Waals surface area contributed by atoms with Crippen LogP contribution in [0, 0.1) is 6.92 Å². The molecule has 1 atom stereocenters. The van der Waals surface area contributed by atoms with Gasteiger partial charge in [-0.15, -0.1) is 0 Å². The van der Waals surface area contributed by atoms with Gasteiger partial charge in [-0.3, -0.25) is 9.69 Å². The Morgan fingerprint density at radius 2 is 1.76 bits per heavy atom. The fourth-order valence-corrected chi connectivity index (χ4v) is 3.03. The monoisotopic (exact) mass is 348 g/mol. The van der Waals surface area contributed by atoms with Crippen molar-refractivity contribution in [3.8, 4) is 0 Å². The van der Waals surface area contributed by atoms with Crippen molar-refractivity contribution in [2.45, 2.75) is 58.2 Å². The molecule has 1 aromatic carbocycles. The fraction of sp³-hybridized carbons (Fsp3) is 0.579. The van der Waals surface area contributed by atoms with Crippen LogP contribution in [0.2, 0.25) is 0 Å². The van der Waals surface area contributed by atoms with E-state index in [0.717, 1.165) is 11.1 Å². The second kappa shape index (κ2) is 7.87. The van der Waals surface area contributed by atoms with Gasteiger partial charge in [-0.1, -0.05) is 29.8 Å². The Labute approximate surface area is 149 Å². The molecule has 1 unspecified atom stereocenters. The second-order valence-corrected chi connectivity index (χ2v) is 7.61. The molecule has 1 saturated heterocycles. The number of aryl methyl sites for hydroxylation is 1. The summed E-state index contributed by atoms with van der Waals surface area (Å²) in [6.45, 7) is 8.70. The number of hydrogen-bond donors (Lipinski definition) is 2. The molecule has 0 aliphatic carbocycles. The summed E-state index contributed by atoms with van der Waals surface area (Å²) in [4.78, 5) is 25.6. The molecule has 1 heterocycles. The molecule has 1 aliphatic heterocycles. The zero-order valence-electron chi connectivity index (χ0n) is 15.4. The Morgan fingerprint density at radius 1 is 1.20 bits per heavy atom. The summed E-state index contributed by atoms with van der Waals surface area (Å²) in [6.07, 6.45) is 0.989. The summed E-state index contributed by atoms with van der Waals surface area (Å²) in [5.41, 5.74) is 1.37. The minimum atomic E-state index is -0.845. The van der Waals surface area contributed by atoms with E-state index in [1.807, 2.05) is 56.9 Å². The molecule has 0 aromatic heterocycles. The maximum absolute atomic E-state index is 11.9. The van der Waals surface area contributed by atoms with Gasteiger partial charge < -0.3 is 15.2 Å². The van der Waals surface area contributed by atoms with Crippen molar-refractivity contribution < 1.29 is 19.4 Å². The summed E-state index contributed by atoms with van der Waals surface area (Å²) in [5, 5.41) is 12.5. The van der Waals surface area contributed by atoms with Gasteiger partial charge in [0.2, 0.25) is 0 Å². The summed E-state index contributed by atoms with van der Waals surface area (Å²) < 4.78 is 5.28. The SMILES string of the molecule is Cc1ccc(C(C(=O)O)N2CCC(NC(=O)OC(C)(C)C)CC2)cc1. The number of hydrogen-bond acceptors (Lipinski definition) is 4. The van der Waals surface area contributed by atoms with Gasteiger partial charge in [-0.2, -0.15) is 0 Å². The maximum Gasteiger partial charge on any atom is 0.407 e. The highest BCUT2D eigenvalue weighted by Crippen LogP contribution is 2.25. The third-order valence-electron chi connectivity index (χ3n) is 4.24. The molecule has 1 fully saturated rings. The lowest BCUT2D eigenvalue weighted by Gasteiger charge is -2.36. The normalized spacial score (nSPS) is 17.8. The van der Waals surface area contributed by atoms with E-state index in [4.69, 9.17) is 4.74 Å². The van der Waals surface area contributed by atoms with Gasteiger partial charge in [-0.25, -0.2) is 4.79 Å². The van der Waals surface area contributed by atoms with Crippen LogP contribution in [-0.2, 0) is 9.53 Å². The lowest BCUT2D eigenvalue weighted by Crippen LogP contribution is -2.48. The van der Waals surface area contributed by atoms with E-state index in [-0.39, 0.29) is 6.04 Å². The minimum Gasteiger partial charge on any atom is -0.480 e. The predicted molar refractivity (Wildman–Crippen MR) is 95.5 cm³/mol. The maximum atomic E-state index is 11.9. The van der Waals surface area contributed by atoms with Gasteiger partial charge >= 0.3 is 12.1 Å². The van der Waals surface area contributed by atoms with Crippen LogP contribution >= 0.6 is 0 Å². The number of carboxylic acids is 1. The number of benzene rings is 1. The first kappa shape index (κ1) is 19.2. The van der Waals surface area contributed by atoms with Crippen molar-refractivity contribution in [2.75, 3.05) is 13.1 Å². The van der Waals surface area contributed by atoms with Crippen LogP contribution in [0.1, 0.15) is 50.8 Å². The minimum absolute atomic E-state index is 0.0126. The molecule has 6 nitrogen and oxygen atoms in total. The van der Waals surface area contributed by atoms with Gasteiger partial charge in [0.25, 0.3) is 0 Å². The van der Waals surface area contributed by atoms with Crippen LogP contribution in [0.25, 0.3) is 0 Å². The number of piperidine rings is 1. The third kappa shape index (κ3) is 5.74. The first-order valence-corrected chi connectivity index (χ1v) is 8.68. The Bertz CT molecular complexity index is 599. The molecule has 0 bridgehead atoms. The van der Waals surface area contributed by atoms with Gasteiger partial charge in [0.05, 0.1) is 0 Å². The molecule has 1 aliphatic rings. The molecule has 0 radical (unpaired) electrons. The van der Waals surface area contributed by atoms with Gasteiger partial charge in [-0.05, 0) is 46.1 Å². The van der Waals surface area contributed by atoms with Crippen molar-refractivity contribution in [1.82, 2.24) is 10.2 Å².